The highest BCUT2D eigenvalue weighted by atomic mass is 35.5. The molecule has 5 nitrogen and oxygen atoms in total. The van der Waals surface area contributed by atoms with Gasteiger partial charge in [0.1, 0.15) is 11.9 Å². The number of benzene rings is 2. The Labute approximate surface area is 158 Å². The Bertz CT molecular complexity index is 846. The summed E-state index contributed by atoms with van der Waals surface area (Å²) in [4.78, 5) is 16.8. The van der Waals surface area contributed by atoms with E-state index in [0.717, 1.165) is 17.8 Å². The SMILES string of the molecule is Cn1ccnc1C(NC(=O)NCCc1ccccc1)c1ccc(Cl)cc1. The van der Waals surface area contributed by atoms with E-state index in [1.807, 2.05) is 72.4 Å². The van der Waals surface area contributed by atoms with Crippen molar-refractivity contribution in [1.29, 1.82) is 0 Å². The molecule has 0 radical (unpaired) electrons. The Kier molecular flexibility index (Phi) is 5.92. The first kappa shape index (κ1) is 18.0. The number of halogens is 1. The Morgan fingerprint density at radius 1 is 1.15 bits per heavy atom. The van der Waals surface area contributed by atoms with Crippen LogP contribution in [0.5, 0.6) is 0 Å². The van der Waals surface area contributed by atoms with E-state index < -0.39 is 0 Å². The van der Waals surface area contributed by atoms with Gasteiger partial charge in [0.05, 0.1) is 0 Å². The van der Waals surface area contributed by atoms with E-state index in [2.05, 4.69) is 15.6 Å². The molecule has 0 fully saturated rings. The molecule has 3 rings (SSSR count). The van der Waals surface area contributed by atoms with Crippen LogP contribution in [0.3, 0.4) is 0 Å². The summed E-state index contributed by atoms with van der Waals surface area (Å²) in [7, 11) is 1.90. The predicted octanol–water partition coefficient (Wildman–Crippen LogP) is 3.70. The maximum absolute atomic E-state index is 12.4. The van der Waals surface area contributed by atoms with Gasteiger partial charge in [0, 0.05) is 31.0 Å². The number of imidazole rings is 1. The fraction of sp³-hybridized carbons (Fsp3) is 0.200. The number of urea groups is 1. The molecule has 0 aliphatic heterocycles. The summed E-state index contributed by atoms with van der Waals surface area (Å²) in [6, 6.07) is 16.9. The van der Waals surface area contributed by atoms with Crippen molar-refractivity contribution in [3.63, 3.8) is 0 Å². The lowest BCUT2D eigenvalue weighted by Crippen LogP contribution is -2.40. The molecule has 1 atom stereocenters. The predicted molar refractivity (Wildman–Crippen MR) is 103 cm³/mol. The summed E-state index contributed by atoms with van der Waals surface area (Å²) in [6.45, 7) is 0.559. The molecular weight excluding hydrogens is 348 g/mol. The average Bonchev–Trinajstić information content (AvgIpc) is 3.07. The van der Waals surface area contributed by atoms with Gasteiger partial charge in [0.2, 0.25) is 0 Å². The van der Waals surface area contributed by atoms with Crippen LogP contribution >= 0.6 is 11.6 Å². The molecule has 3 aromatic rings. The van der Waals surface area contributed by atoms with E-state index >= 15 is 0 Å². The molecule has 26 heavy (non-hydrogen) atoms. The molecular formula is C20H21ClN4O. The fourth-order valence-electron chi connectivity index (χ4n) is 2.75. The number of nitrogens with one attached hydrogen (secondary N) is 2. The topological polar surface area (TPSA) is 59.0 Å². The second kappa shape index (κ2) is 8.54. The lowest BCUT2D eigenvalue weighted by atomic mass is 10.1. The van der Waals surface area contributed by atoms with Crippen LogP contribution in [0.15, 0.2) is 67.0 Å². The summed E-state index contributed by atoms with van der Waals surface area (Å²) < 4.78 is 1.89. The molecule has 0 aliphatic rings. The highest BCUT2D eigenvalue weighted by Gasteiger charge is 2.20. The summed E-state index contributed by atoms with van der Waals surface area (Å²) in [6.07, 6.45) is 4.35. The summed E-state index contributed by atoms with van der Waals surface area (Å²) in [5, 5.41) is 6.57. The van der Waals surface area contributed by atoms with E-state index in [1.165, 1.54) is 5.56 Å². The van der Waals surface area contributed by atoms with Gasteiger partial charge in [-0.15, -0.1) is 0 Å². The Morgan fingerprint density at radius 2 is 1.88 bits per heavy atom. The molecule has 1 unspecified atom stereocenters. The number of hydrogen-bond acceptors (Lipinski definition) is 2. The molecule has 0 saturated carbocycles. The van der Waals surface area contributed by atoms with Gasteiger partial charge in [0.15, 0.2) is 0 Å². The number of aryl methyl sites for hydroxylation is 1. The van der Waals surface area contributed by atoms with Crippen molar-refractivity contribution in [3.8, 4) is 0 Å². The van der Waals surface area contributed by atoms with Crippen LogP contribution in [0.2, 0.25) is 5.02 Å². The van der Waals surface area contributed by atoms with Crippen LogP contribution in [0.1, 0.15) is 23.0 Å². The van der Waals surface area contributed by atoms with E-state index in [4.69, 9.17) is 11.6 Å². The standard InChI is InChI=1S/C20H21ClN4O/c1-25-14-13-22-19(25)18(16-7-9-17(21)10-8-16)24-20(26)23-12-11-15-5-3-2-4-6-15/h2-10,13-14,18H,11-12H2,1H3,(H2,23,24,26). The highest BCUT2D eigenvalue weighted by Crippen LogP contribution is 2.22. The van der Waals surface area contributed by atoms with E-state index in [-0.39, 0.29) is 12.1 Å². The first-order chi connectivity index (χ1) is 12.6. The highest BCUT2D eigenvalue weighted by molar-refractivity contribution is 6.30. The summed E-state index contributed by atoms with van der Waals surface area (Å²) >= 11 is 5.98. The third kappa shape index (κ3) is 4.64. The number of rotatable bonds is 6. The zero-order valence-corrected chi connectivity index (χ0v) is 15.3. The first-order valence-electron chi connectivity index (χ1n) is 8.44. The molecule has 0 aliphatic carbocycles. The normalized spacial score (nSPS) is 11.8. The maximum Gasteiger partial charge on any atom is 0.315 e. The number of aromatic nitrogens is 2. The van der Waals surface area contributed by atoms with E-state index in [9.17, 15) is 4.79 Å². The molecule has 0 bridgehead atoms. The number of nitrogens with zero attached hydrogens (tertiary/aromatic N) is 2. The van der Waals surface area contributed by atoms with Crippen LogP contribution < -0.4 is 10.6 Å². The van der Waals surface area contributed by atoms with Crippen molar-refractivity contribution in [1.82, 2.24) is 20.2 Å². The first-order valence-corrected chi connectivity index (χ1v) is 8.82. The molecule has 0 saturated heterocycles. The third-order valence-electron chi connectivity index (χ3n) is 4.14. The smallest absolute Gasteiger partial charge is 0.315 e. The molecule has 1 heterocycles. The largest absolute Gasteiger partial charge is 0.338 e. The minimum Gasteiger partial charge on any atom is -0.338 e. The van der Waals surface area contributed by atoms with Crippen molar-refractivity contribution < 1.29 is 4.79 Å². The third-order valence-corrected chi connectivity index (χ3v) is 4.39. The zero-order valence-electron chi connectivity index (χ0n) is 14.5. The van der Waals surface area contributed by atoms with Gasteiger partial charge in [-0.05, 0) is 29.7 Å². The minimum absolute atomic E-state index is 0.233. The molecule has 0 spiro atoms. The molecule has 134 valence electrons. The van der Waals surface area contributed by atoms with Crippen molar-refractivity contribution in [3.05, 3.63) is 89.0 Å². The number of carbonyl (C=O) groups is 1. The fourth-order valence-corrected chi connectivity index (χ4v) is 2.88. The van der Waals surface area contributed by atoms with Crippen LogP contribution in [0.25, 0.3) is 0 Å². The van der Waals surface area contributed by atoms with Gasteiger partial charge >= 0.3 is 6.03 Å². The number of amides is 2. The maximum atomic E-state index is 12.4. The van der Waals surface area contributed by atoms with E-state index in [0.29, 0.717) is 11.6 Å². The minimum atomic E-state index is -0.357. The summed E-state index contributed by atoms with van der Waals surface area (Å²) in [5.74, 6) is 0.755. The van der Waals surface area contributed by atoms with Gasteiger partial charge in [-0.1, -0.05) is 54.1 Å². The number of hydrogen-bond donors (Lipinski definition) is 2. The lowest BCUT2D eigenvalue weighted by molar-refractivity contribution is 0.238. The van der Waals surface area contributed by atoms with Crippen molar-refractivity contribution in [2.75, 3.05) is 6.54 Å². The lowest BCUT2D eigenvalue weighted by Gasteiger charge is -2.19. The Balaban J connectivity index is 1.66. The van der Waals surface area contributed by atoms with Gasteiger partial charge in [0.25, 0.3) is 0 Å². The van der Waals surface area contributed by atoms with Crippen LogP contribution in [-0.4, -0.2) is 22.1 Å². The zero-order chi connectivity index (χ0) is 18.4. The van der Waals surface area contributed by atoms with Crippen molar-refractivity contribution in [2.24, 2.45) is 7.05 Å². The Morgan fingerprint density at radius 3 is 2.54 bits per heavy atom. The van der Waals surface area contributed by atoms with Crippen LogP contribution in [0.4, 0.5) is 4.79 Å². The molecule has 6 heteroatoms. The van der Waals surface area contributed by atoms with Crippen molar-refractivity contribution >= 4 is 17.6 Å². The quantitative estimate of drug-likeness (QED) is 0.696. The van der Waals surface area contributed by atoms with Gasteiger partial charge in [-0.25, -0.2) is 9.78 Å². The van der Waals surface area contributed by atoms with Crippen molar-refractivity contribution in [2.45, 2.75) is 12.5 Å². The molecule has 2 aromatic carbocycles. The molecule has 2 amide bonds. The molecule has 1 aromatic heterocycles. The Hall–Kier alpha value is -2.79. The average molecular weight is 369 g/mol. The second-order valence-electron chi connectivity index (χ2n) is 6.02. The van der Waals surface area contributed by atoms with Gasteiger partial charge in [-0.2, -0.15) is 0 Å². The van der Waals surface area contributed by atoms with Gasteiger partial charge in [-0.3, -0.25) is 0 Å². The number of carbonyl (C=O) groups excluding carboxylic acids is 1. The van der Waals surface area contributed by atoms with Crippen LogP contribution in [0, 0.1) is 0 Å². The molecule has 2 N–H and O–H groups in total. The van der Waals surface area contributed by atoms with E-state index in [1.54, 1.807) is 6.20 Å². The second-order valence-corrected chi connectivity index (χ2v) is 6.45. The monoisotopic (exact) mass is 368 g/mol. The summed E-state index contributed by atoms with van der Waals surface area (Å²) in [5.41, 5.74) is 2.10. The van der Waals surface area contributed by atoms with Gasteiger partial charge < -0.3 is 15.2 Å². The van der Waals surface area contributed by atoms with Crippen LogP contribution in [-0.2, 0) is 13.5 Å².